The standard InChI is InChI=1S/C13H21N3O2S/c1-3-7-14-12-6-5-11(10-16-12)13(17)15-8-9-19(18)4-2/h5-6,10H,3-4,7-9H2,1-2H3,(H,14,16)(H,15,17). The first kappa shape index (κ1) is 15.6. The van der Waals surface area contributed by atoms with Crippen LogP contribution in [0.25, 0.3) is 0 Å². The number of nitrogens with one attached hydrogen (secondary N) is 2. The molecule has 0 bridgehead atoms. The van der Waals surface area contributed by atoms with Crippen molar-refractivity contribution in [3.63, 3.8) is 0 Å². The highest BCUT2D eigenvalue weighted by Crippen LogP contribution is 2.04. The first-order valence-electron chi connectivity index (χ1n) is 6.50. The third-order valence-electron chi connectivity index (χ3n) is 2.52. The van der Waals surface area contributed by atoms with E-state index in [1.54, 1.807) is 18.3 Å². The van der Waals surface area contributed by atoms with E-state index in [0.29, 0.717) is 23.6 Å². The summed E-state index contributed by atoms with van der Waals surface area (Å²) < 4.78 is 11.2. The van der Waals surface area contributed by atoms with Crippen LogP contribution in [-0.4, -0.2) is 39.7 Å². The molecule has 1 aromatic rings. The number of hydrogen-bond donors (Lipinski definition) is 2. The first-order valence-corrected chi connectivity index (χ1v) is 7.99. The number of hydrogen-bond acceptors (Lipinski definition) is 4. The van der Waals surface area contributed by atoms with E-state index in [-0.39, 0.29) is 5.91 Å². The number of anilines is 1. The van der Waals surface area contributed by atoms with E-state index in [4.69, 9.17) is 0 Å². The Balaban J connectivity index is 2.42. The quantitative estimate of drug-likeness (QED) is 0.756. The van der Waals surface area contributed by atoms with Crippen molar-refractivity contribution in [1.29, 1.82) is 0 Å². The van der Waals surface area contributed by atoms with Crippen LogP contribution in [0.15, 0.2) is 18.3 Å². The molecule has 0 fully saturated rings. The zero-order valence-corrected chi connectivity index (χ0v) is 12.3. The first-order chi connectivity index (χ1) is 9.17. The molecule has 0 aliphatic heterocycles. The van der Waals surface area contributed by atoms with Gasteiger partial charge in [-0.3, -0.25) is 9.00 Å². The van der Waals surface area contributed by atoms with Crippen LogP contribution in [0.2, 0.25) is 0 Å². The Kier molecular flexibility index (Phi) is 7.10. The molecule has 1 heterocycles. The fourth-order valence-electron chi connectivity index (χ4n) is 1.41. The predicted molar refractivity (Wildman–Crippen MR) is 78.9 cm³/mol. The minimum atomic E-state index is -0.848. The maximum absolute atomic E-state index is 11.8. The summed E-state index contributed by atoms with van der Waals surface area (Å²) in [5.74, 6) is 1.70. The zero-order chi connectivity index (χ0) is 14.1. The Labute approximate surface area is 116 Å². The maximum Gasteiger partial charge on any atom is 0.252 e. The lowest BCUT2D eigenvalue weighted by Crippen LogP contribution is -2.28. The van der Waals surface area contributed by atoms with E-state index < -0.39 is 10.8 Å². The van der Waals surface area contributed by atoms with E-state index >= 15 is 0 Å². The van der Waals surface area contributed by atoms with Crippen molar-refractivity contribution in [3.8, 4) is 0 Å². The van der Waals surface area contributed by atoms with Crippen LogP contribution in [0.1, 0.15) is 30.6 Å². The average Bonchev–Trinajstić information content (AvgIpc) is 2.45. The molecule has 1 amide bonds. The molecule has 2 N–H and O–H groups in total. The molecule has 0 saturated carbocycles. The molecule has 1 unspecified atom stereocenters. The number of pyridine rings is 1. The maximum atomic E-state index is 11.8. The molecule has 0 aliphatic rings. The largest absolute Gasteiger partial charge is 0.370 e. The van der Waals surface area contributed by atoms with Crippen molar-refractivity contribution < 1.29 is 9.00 Å². The summed E-state index contributed by atoms with van der Waals surface area (Å²) >= 11 is 0. The molecule has 19 heavy (non-hydrogen) atoms. The Hall–Kier alpha value is -1.43. The van der Waals surface area contributed by atoms with Crippen molar-refractivity contribution in [3.05, 3.63) is 23.9 Å². The van der Waals surface area contributed by atoms with Gasteiger partial charge in [-0.1, -0.05) is 13.8 Å². The Bertz CT molecular complexity index is 420. The molecule has 106 valence electrons. The summed E-state index contributed by atoms with van der Waals surface area (Å²) in [4.78, 5) is 15.9. The van der Waals surface area contributed by atoms with Crippen molar-refractivity contribution in [2.75, 3.05) is 29.9 Å². The van der Waals surface area contributed by atoms with E-state index in [0.717, 1.165) is 18.8 Å². The fraction of sp³-hybridized carbons (Fsp3) is 0.538. The molecule has 1 rings (SSSR count). The Morgan fingerprint density at radius 2 is 2.11 bits per heavy atom. The number of amides is 1. The van der Waals surface area contributed by atoms with Gasteiger partial charge in [0.15, 0.2) is 0 Å². The molecular formula is C13H21N3O2S. The molecule has 6 heteroatoms. The van der Waals surface area contributed by atoms with Gasteiger partial charge in [0.25, 0.3) is 5.91 Å². The van der Waals surface area contributed by atoms with Crippen molar-refractivity contribution >= 4 is 22.5 Å². The third kappa shape index (κ3) is 5.83. The molecular weight excluding hydrogens is 262 g/mol. The van der Waals surface area contributed by atoms with E-state index in [1.807, 2.05) is 6.92 Å². The van der Waals surface area contributed by atoms with Crippen LogP contribution >= 0.6 is 0 Å². The van der Waals surface area contributed by atoms with Gasteiger partial charge in [-0.05, 0) is 18.6 Å². The number of nitrogens with zero attached hydrogens (tertiary/aromatic N) is 1. The van der Waals surface area contributed by atoms with Crippen LogP contribution in [0, 0.1) is 0 Å². The van der Waals surface area contributed by atoms with Gasteiger partial charge < -0.3 is 10.6 Å². The van der Waals surface area contributed by atoms with Gasteiger partial charge in [0.1, 0.15) is 5.82 Å². The minimum absolute atomic E-state index is 0.178. The number of rotatable bonds is 8. The molecule has 0 aromatic carbocycles. The molecule has 0 radical (unpaired) electrons. The topological polar surface area (TPSA) is 71.1 Å². The van der Waals surface area contributed by atoms with E-state index in [2.05, 4.69) is 22.5 Å². The Morgan fingerprint density at radius 3 is 2.68 bits per heavy atom. The molecule has 1 atom stereocenters. The average molecular weight is 283 g/mol. The predicted octanol–water partition coefficient (Wildman–Crippen LogP) is 1.40. The zero-order valence-electron chi connectivity index (χ0n) is 11.4. The normalized spacial score (nSPS) is 11.9. The highest BCUT2D eigenvalue weighted by molar-refractivity contribution is 7.84. The van der Waals surface area contributed by atoms with Crippen molar-refractivity contribution in [2.45, 2.75) is 20.3 Å². The van der Waals surface area contributed by atoms with Crippen LogP contribution in [0.5, 0.6) is 0 Å². The Morgan fingerprint density at radius 1 is 1.32 bits per heavy atom. The summed E-state index contributed by atoms with van der Waals surface area (Å²) in [5, 5.41) is 5.88. The van der Waals surface area contributed by atoms with Crippen LogP contribution in [0.3, 0.4) is 0 Å². The van der Waals surface area contributed by atoms with Crippen LogP contribution in [0.4, 0.5) is 5.82 Å². The van der Waals surface area contributed by atoms with Gasteiger partial charge >= 0.3 is 0 Å². The highest BCUT2D eigenvalue weighted by Gasteiger charge is 2.06. The number of carbonyl (C=O) groups is 1. The van der Waals surface area contributed by atoms with Crippen LogP contribution < -0.4 is 10.6 Å². The van der Waals surface area contributed by atoms with Gasteiger partial charge in [-0.15, -0.1) is 0 Å². The lowest BCUT2D eigenvalue weighted by Gasteiger charge is -2.06. The second-order valence-electron chi connectivity index (χ2n) is 4.05. The molecule has 0 aliphatic carbocycles. The minimum Gasteiger partial charge on any atom is -0.370 e. The second kappa shape index (κ2) is 8.63. The van der Waals surface area contributed by atoms with E-state index in [9.17, 15) is 9.00 Å². The lowest BCUT2D eigenvalue weighted by molar-refractivity contribution is 0.0956. The van der Waals surface area contributed by atoms with Gasteiger partial charge in [-0.25, -0.2) is 4.98 Å². The monoisotopic (exact) mass is 283 g/mol. The number of carbonyl (C=O) groups excluding carboxylic acids is 1. The second-order valence-corrected chi connectivity index (χ2v) is 5.91. The number of aromatic nitrogens is 1. The lowest BCUT2D eigenvalue weighted by atomic mass is 10.2. The van der Waals surface area contributed by atoms with Gasteiger partial charge in [0.05, 0.1) is 5.56 Å². The smallest absolute Gasteiger partial charge is 0.252 e. The summed E-state index contributed by atoms with van der Waals surface area (Å²) in [6, 6.07) is 3.52. The molecule has 1 aromatic heterocycles. The van der Waals surface area contributed by atoms with E-state index in [1.165, 1.54) is 0 Å². The van der Waals surface area contributed by atoms with Gasteiger partial charge in [0.2, 0.25) is 0 Å². The van der Waals surface area contributed by atoms with Crippen LogP contribution in [-0.2, 0) is 10.8 Å². The summed E-state index contributed by atoms with van der Waals surface area (Å²) in [7, 11) is -0.848. The summed E-state index contributed by atoms with van der Waals surface area (Å²) in [5.41, 5.74) is 0.518. The molecule has 0 spiro atoms. The summed E-state index contributed by atoms with van der Waals surface area (Å²) in [6.45, 7) is 5.23. The van der Waals surface area contributed by atoms with Crippen molar-refractivity contribution in [2.24, 2.45) is 0 Å². The molecule has 0 saturated heterocycles. The third-order valence-corrected chi connectivity index (χ3v) is 3.82. The summed E-state index contributed by atoms with van der Waals surface area (Å²) in [6.07, 6.45) is 2.57. The SMILES string of the molecule is CCCNc1ccc(C(=O)NCCS(=O)CC)cn1. The van der Waals surface area contributed by atoms with Crippen molar-refractivity contribution in [1.82, 2.24) is 10.3 Å². The molecule has 5 nitrogen and oxygen atoms in total. The highest BCUT2D eigenvalue weighted by atomic mass is 32.2. The van der Waals surface area contributed by atoms with Gasteiger partial charge in [0, 0.05) is 41.6 Å². The fourth-order valence-corrected chi connectivity index (χ4v) is 2.03. The van der Waals surface area contributed by atoms with Gasteiger partial charge in [-0.2, -0.15) is 0 Å².